The number of likely N-dealkylation sites (tertiary alicyclic amines) is 1. The Morgan fingerprint density at radius 1 is 1.36 bits per heavy atom. The Morgan fingerprint density at radius 3 is 2.59 bits per heavy atom. The molecule has 2 fully saturated rings. The van der Waals surface area contributed by atoms with Crippen LogP contribution in [0, 0.1) is 11.8 Å². The van der Waals surface area contributed by atoms with E-state index in [0.29, 0.717) is 31.1 Å². The fraction of sp³-hybridized carbons (Fsp3) is 0.647. The summed E-state index contributed by atoms with van der Waals surface area (Å²) in [5.41, 5.74) is -0.249. The first-order valence-corrected chi connectivity index (χ1v) is 8.11. The summed E-state index contributed by atoms with van der Waals surface area (Å²) in [6, 6.07) is 3.42. The Morgan fingerprint density at radius 2 is 2.09 bits per heavy atom. The molecule has 1 saturated heterocycles. The Kier molecular flexibility index (Phi) is 3.85. The summed E-state index contributed by atoms with van der Waals surface area (Å²) in [4.78, 5) is 26.4. The molecule has 5 nitrogen and oxygen atoms in total. The van der Waals surface area contributed by atoms with Gasteiger partial charge in [0.05, 0.1) is 11.3 Å². The number of rotatable bonds is 3. The van der Waals surface area contributed by atoms with E-state index in [1.54, 1.807) is 34.8 Å². The lowest BCUT2D eigenvalue weighted by molar-refractivity contribution is -0.147. The number of hydrogen-bond acceptors (Lipinski definition) is 3. The molecule has 120 valence electrons. The summed E-state index contributed by atoms with van der Waals surface area (Å²) in [7, 11) is 1.76. The lowest BCUT2D eigenvalue weighted by atomic mass is 9.65. The number of hydrogen-bond donors (Lipinski definition) is 1. The number of carbonyl (C=O) groups is 2. The van der Waals surface area contributed by atoms with E-state index in [2.05, 4.69) is 0 Å². The highest BCUT2D eigenvalue weighted by molar-refractivity contribution is 6.42. The molecule has 2 heterocycles. The molecule has 1 amide bonds. The zero-order chi connectivity index (χ0) is 15.9. The van der Waals surface area contributed by atoms with E-state index in [1.807, 2.05) is 6.92 Å². The summed E-state index contributed by atoms with van der Waals surface area (Å²) in [5.74, 6) is -0.543. The maximum atomic E-state index is 12.4. The third-order valence-electron chi connectivity index (χ3n) is 5.60. The highest BCUT2D eigenvalue weighted by atomic mass is 16.3. The monoisotopic (exact) mass is 304 g/mol. The SMILES string of the molecule is C[C@@H]1CN(C(=O)C(=O)c2cccn2C)CC[C@@]1(O)C1CCC1. The number of ketones is 1. The van der Waals surface area contributed by atoms with Crippen LogP contribution in [-0.4, -0.2) is 45.0 Å². The molecule has 0 bridgehead atoms. The number of carbonyl (C=O) groups excluding carboxylic acids is 2. The molecule has 1 aliphatic heterocycles. The largest absolute Gasteiger partial charge is 0.389 e. The van der Waals surface area contributed by atoms with Gasteiger partial charge in [-0.1, -0.05) is 13.3 Å². The van der Waals surface area contributed by atoms with Gasteiger partial charge in [0, 0.05) is 32.3 Å². The second kappa shape index (κ2) is 5.54. The topological polar surface area (TPSA) is 62.5 Å². The molecule has 0 aromatic carbocycles. The highest BCUT2D eigenvalue weighted by Crippen LogP contribution is 2.44. The van der Waals surface area contributed by atoms with Crippen LogP contribution in [0.25, 0.3) is 0 Å². The van der Waals surface area contributed by atoms with Gasteiger partial charge in [-0.25, -0.2) is 0 Å². The van der Waals surface area contributed by atoms with E-state index in [1.165, 1.54) is 6.42 Å². The molecule has 0 radical (unpaired) electrons. The van der Waals surface area contributed by atoms with Crippen LogP contribution >= 0.6 is 0 Å². The van der Waals surface area contributed by atoms with Gasteiger partial charge in [0.25, 0.3) is 11.7 Å². The standard InChI is InChI=1S/C17H24N2O3/c1-12-11-19(10-8-17(12,22)13-5-3-6-13)16(21)15(20)14-7-4-9-18(14)2/h4,7,9,12-13,22H,3,5-6,8,10-11H2,1-2H3/t12-,17+/m1/s1. The number of aryl methyl sites for hydroxylation is 1. The molecule has 22 heavy (non-hydrogen) atoms. The molecule has 2 atom stereocenters. The van der Waals surface area contributed by atoms with Gasteiger partial charge in [-0.05, 0) is 37.3 Å². The van der Waals surface area contributed by atoms with Gasteiger partial charge >= 0.3 is 0 Å². The molecule has 1 aromatic rings. The van der Waals surface area contributed by atoms with Gasteiger partial charge in [0.2, 0.25) is 0 Å². The first-order chi connectivity index (χ1) is 10.4. The average Bonchev–Trinajstić information content (AvgIpc) is 2.84. The molecule has 1 saturated carbocycles. The predicted molar refractivity (Wildman–Crippen MR) is 82.4 cm³/mol. The van der Waals surface area contributed by atoms with Crippen molar-refractivity contribution in [3.05, 3.63) is 24.0 Å². The molecule has 0 spiro atoms. The van der Waals surface area contributed by atoms with Crippen molar-refractivity contribution in [3.8, 4) is 0 Å². The summed E-state index contributed by atoms with van der Waals surface area (Å²) >= 11 is 0. The first kappa shape index (κ1) is 15.3. The van der Waals surface area contributed by atoms with E-state index in [0.717, 1.165) is 12.8 Å². The molecule has 2 aliphatic rings. The predicted octanol–water partition coefficient (Wildman–Crippen LogP) is 1.61. The van der Waals surface area contributed by atoms with Crippen LogP contribution in [0.2, 0.25) is 0 Å². The van der Waals surface area contributed by atoms with E-state index >= 15 is 0 Å². The maximum Gasteiger partial charge on any atom is 0.296 e. The molecule has 1 N–H and O–H groups in total. The van der Waals surface area contributed by atoms with Gasteiger partial charge in [0.1, 0.15) is 0 Å². The number of nitrogens with zero attached hydrogens (tertiary/aromatic N) is 2. The molecule has 5 heteroatoms. The number of amides is 1. The van der Waals surface area contributed by atoms with Crippen molar-refractivity contribution >= 4 is 11.7 Å². The second-order valence-corrected chi connectivity index (χ2v) is 6.85. The van der Waals surface area contributed by atoms with Crippen LogP contribution in [0.15, 0.2) is 18.3 Å². The van der Waals surface area contributed by atoms with Crippen LogP contribution in [0.1, 0.15) is 43.1 Å². The molecular weight excluding hydrogens is 280 g/mol. The minimum atomic E-state index is -0.664. The Labute approximate surface area is 130 Å². The number of Topliss-reactive ketones (excluding diaryl/α,β-unsaturated/α-hetero) is 1. The quantitative estimate of drug-likeness (QED) is 0.681. The number of piperidine rings is 1. The fourth-order valence-electron chi connectivity index (χ4n) is 3.79. The van der Waals surface area contributed by atoms with Gasteiger partial charge in [-0.3, -0.25) is 9.59 Å². The Bertz CT molecular complexity index is 590. The molecular formula is C17H24N2O3. The van der Waals surface area contributed by atoms with Gasteiger partial charge in [-0.2, -0.15) is 0 Å². The lowest BCUT2D eigenvalue weighted by Gasteiger charge is -2.50. The zero-order valence-corrected chi connectivity index (χ0v) is 13.3. The van der Waals surface area contributed by atoms with Crippen molar-refractivity contribution in [2.24, 2.45) is 18.9 Å². The number of aromatic nitrogens is 1. The van der Waals surface area contributed by atoms with Crippen LogP contribution in [0.5, 0.6) is 0 Å². The molecule has 0 unspecified atom stereocenters. The fourth-order valence-corrected chi connectivity index (χ4v) is 3.79. The zero-order valence-electron chi connectivity index (χ0n) is 13.3. The van der Waals surface area contributed by atoms with Crippen molar-refractivity contribution in [1.29, 1.82) is 0 Å². The van der Waals surface area contributed by atoms with E-state index in [9.17, 15) is 14.7 Å². The van der Waals surface area contributed by atoms with Gasteiger partial charge in [-0.15, -0.1) is 0 Å². The molecule has 1 aliphatic carbocycles. The summed E-state index contributed by atoms with van der Waals surface area (Å²) in [6.07, 6.45) is 5.68. The maximum absolute atomic E-state index is 12.4. The number of aliphatic hydroxyl groups is 1. The Balaban J connectivity index is 1.68. The summed E-state index contributed by atoms with van der Waals surface area (Å²) in [6.45, 7) is 2.92. The van der Waals surface area contributed by atoms with Crippen LogP contribution in [-0.2, 0) is 11.8 Å². The average molecular weight is 304 g/mol. The normalized spacial score (nSPS) is 29.2. The van der Waals surface area contributed by atoms with E-state index < -0.39 is 17.3 Å². The van der Waals surface area contributed by atoms with Crippen molar-refractivity contribution in [2.75, 3.05) is 13.1 Å². The van der Waals surface area contributed by atoms with E-state index in [4.69, 9.17) is 0 Å². The van der Waals surface area contributed by atoms with Crippen molar-refractivity contribution in [3.63, 3.8) is 0 Å². The van der Waals surface area contributed by atoms with Gasteiger partial charge in [0.15, 0.2) is 0 Å². The molecule has 1 aromatic heterocycles. The van der Waals surface area contributed by atoms with E-state index in [-0.39, 0.29) is 5.92 Å². The summed E-state index contributed by atoms with van der Waals surface area (Å²) < 4.78 is 1.66. The smallest absolute Gasteiger partial charge is 0.296 e. The first-order valence-electron chi connectivity index (χ1n) is 8.11. The van der Waals surface area contributed by atoms with Crippen LogP contribution in [0.3, 0.4) is 0 Å². The van der Waals surface area contributed by atoms with Crippen LogP contribution < -0.4 is 0 Å². The van der Waals surface area contributed by atoms with Crippen LogP contribution in [0.4, 0.5) is 0 Å². The minimum Gasteiger partial charge on any atom is -0.389 e. The van der Waals surface area contributed by atoms with Crippen molar-refractivity contribution in [2.45, 2.75) is 38.2 Å². The van der Waals surface area contributed by atoms with Gasteiger partial charge < -0.3 is 14.6 Å². The third-order valence-corrected chi connectivity index (χ3v) is 5.60. The van der Waals surface area contributed by atoms with Crippen molar-refractivity contribution in [1.82, 2.24) is 9.47 Å². The molecule has 3 rings (SSSR count). The highest BCUT2D eigenvalue weighted by Gasteiger charge is 2.48. The van der Waals surface area contributed by atoms with Crippen molar-refractivity contribution < 1.29 is 14.7 Å². The Hall–Kier alpha value is -1.62. The lowest BCUT2D eigenvalue weighted by Crippen LogP contribution is -2.58. The summed E-state index contributed by atoms with van der Waals surface area (Å²) in [5, 5.41) is 10.9. The minimum absolute atomic E-state index is 0.0108. The second-order valence-electron chi connectivity index (χ2n) is 6.85. The third kappa shape index (κ3) is 2.37.